The average Bonchev–Trinajstić information content (AvgIpc) is 3.12. The second kappa shape index (κ2) is 8.41. The van der Waals surface area contributed by atoms with E-state index in [4.69, 9.17) is 5.73 Å². The molecule has 0 spiro atoms. The quantitative estimate of drug-likeness (QED) is 0.886. The molecule has 2 N–H and O–H groups in total. The van der Waals surface area contributed by atoms with Crippen LogP contribution in [0.4, 0.5) is 0 Å². The van der Waals surface area contributed by atoms with Gasteiger partial charge in [-0.15, -0.1) is 11.3 Å². The van der Waals surface area contributed by atoms with Crippen molar-refractivity contribution in [3.63, 3.8) is 0 Å². The Bertz CT molecular complexity index is 533. The number of piperidine rings is 2. The molecule has 0 radical (unpaired) electrons. The monoisotopic (exact) mass is 350 g/mol. The minimum atomic E-state index is -0.0358. The molecule has 24 heavy (non-hydrogen) atoms. The van der Waals surface area contributed by atoms with E-state index in [1.807, 2.05) is 10.3 Å². The number of rotatable bonds is 5. The lowest BCUT2D eigenvalue weighted by Gasteiger charge is -2.40. The Labute approximate surface area is 149 Å². The molecular weight excluding hydrogens is 320 g/mol. The Morgan fingerprint density at radius 2 is 2.00 bits per heavy atom. The molecule has 1 atom stereocenters. The van der Waals surface area contributed by atoms with Crippen molar-refractivity contribution in [2.45, 2.75) is 64.0 Å². The summed E-state index contributed by atoms with van der Waals surface area (Å²) in [6, 6.07) is 0.629. The third kappa shape index (κ3) is 4.16. The van der Waals surface area contributed by atoms with Crippen LogP contribution in [0.3, 0.4) is 0 Å². The predicted molar refractivity (Wildman–Crippen MR) is 98.3 cm³/mol. The molecular formula is C18H30N4OS. The van der Waals surface area contributed by atoms with E-state index in [1.54, 1.807) is 0 Å². The van der Waals surface area contributed by atoms with Gasteiger partial charge in [0.15, 0.2) is 0 Å². The lowest BCUT2D eigenvalue weighted by Crippen LogP contribution is -2.48. The van der Waals surface area contributed by atoms with E-state index in [0.717, 1.165) is 43.8 Å². The van der Waals surface area contributed by atoms with Gasteiger partial charge in [0.05, 0.1) is 6.04 Å². The summed E-state index contributed by atoms with van der Waals surface area (Å²) in [5.74, 6) is 0.0818. The zero-order valence-corrected chi connectivity index (χ0v) is 15.6. The molecule has 5 nitrogen and oxygen atoms in total. The Hall–Kier alpha value is -0.980. The SMILES string of the molecule is CCCC(N)c1nc(C(=O)N2CCC(N3CCCCC3)CC2)cs1. The Balaban J connectivity index is 1.53. The molecule has 1 unspecified atom stereocenters. The van der Waals surface area contributed by atoms with Gasteiger partial charge in [0.1, 0.15) is 10.7 Å². The summed E-state index contributed by atoms with van der Waals surface area (Å²) in [6.45, 7) is 6.31. The van der Waals surface area contributed by atoms with Crippen LogP contribution >= 0.6 is 11.3 Å². The number of nitrogens with two attached hydrogens (primary N) is 1. The molecule has 2 fully saturated rings. The zero-order chi connectivity index (χ0) is 16.9. The van der Waals surface area contributed by atoms with Crippen molar-refractivity contribution in [1.29, 1.82) is 0 Å². The Morgan fingerprint density at radius 3 is 2.67 bits per heavy atom. The number of likely N-dealkylation sites (tertiary alicyclic amines) is 2. The molecule has 3 heterocycles. The third-order valence-corrected chi connectivity index (χ3v) is 6.29. The van der Waals surface area contributed by atoms with Crippen LogP contribution in [0, 0.1) is 0 Å². The Kier molecular flexibility index (Phi) is 6.25. The van der Waals surface area contributed by atoms with Gasteiger partial charge in [0.25, 0.3) is 5.91 Å². The first-order chi connectivity index (χ1) is 11.7. The maximum Gasteiger partial charge on any atom is 0.273 e. The van der Waals surface area contributed by atoms with Crippen molar-refractivity contribution in [3.8, 4) is 0 Å². The number of aromatic nitrogens is 1. The van der Waals surface area contributed by atoms with Crippen LogP contribution in [-0.2, 0) is 0 Å². The number of carbonyl (C=O) groups is 1. The maximum absolute atomic E-state index is 12.7. The van der Waals surface area contributed by atoms with Crippen LogP contribution in [0.15, 0.2) is 5.38 Å². The first kappa shape index (κ1) is 17.8. The number of nitrogens with zero attached hydrogens (tertiary/aromatic N) is 3. The number of hydrogen-bond donors (Lipinski definition) is 1. The van der Waals surface area contributed by atoms with Crippen molar-refractivity contribution in [2.75, 3.05) is 26.2 Å². The molecule has 0 aliphatic carbocycles. The lowest BCUT2D eigenvalue weighted by molar-refractivity contribution is 0.0585. The molecule has 6 heteroatoms. The molecule has 2 saturated heterocycles. The minimum Gasteiger partial charge on any atom is -0.337 e. The fourth-order valence-electron chi connectivity index (χ4n) is 3.87. The van der Waals surface area contributed by atoms with Gasteiger partial charge in [0, 0.05) is 24.5 Å². The second-order valence-electron chi connectivity index (χ2n) is 7.09. The van der Waals surface area contributed by atoms with E-state index in [-0.39, 0.29) is 11.9 Å². The smallest absolute Gasteiger partial charge is 0.273 e. The van der Waals surface area contributed by atoms with Crippen LogP contribution in [0.2, 0.25) is 0 Å². The summed E-state index contributed by atoms with van der Waals surface area (Å²) < 4.78 is 0. The molecule has 0 saturated carbocycles. The van der Waals surface area contributed by atoms with E-state index in [0.29, 0.717) is 11.7 Å². The standard InChI is InChI=1S/C18H30N4OS/c1-2-6-15(19)17-20-16(13-24-17)18(23)22-11-7-14(8-12-22)21-9-4-3-5-10-21/h13-15H,2-12,19H2,1H3. The molecule has 1 aromatic rings. The van der Waals surface area contributed by atoms with Crippen molar-refractivity contribution in [2.24, 2.45) is 5.73 Å². The van der Waals surface area contributed by atoms with Crippen LogP contribution < -0.4 is 5.73 Å². The first-order valence-corrected chi connectivity index (χ1v) is 10.3. The van der Waals surface area contributed by atoms with Crippen molar-refractivity contribution < 1.29 is 4.79 Å². The normalized spacial score (nSPS) is 21.8. The second-order valence-corrected chi connectivity index (χ2v) is 7.98. The molecule has 134 valence electrons. The summed E-state index contributed by atoms with van der Waals surface area (Å²) >= 11 is 1.52. The highest BCUT2D eigenvalue weighted by atomic mass is 32.1. The van der Waals surface area contributed by atoms with Crippen LogP contribution in [0.25, 0.3) is 0 Å². The fourth-order valence-corrected chi connectivity index (χ4v) is 4.70. The number of hydrogen-bond acceptors (Lipinski definition) is 5. The number of thiazole rings is 1. The highest BCUT2D eigenvalue weighted by Crippen LogP contribution is 2.24. The third-order valence-electron chi connectivity index (χ3n) is 5.32. The summed E-state index contributed by atoms with van der Waals surface area (Å²) in [5.41, 5.74) is 6.70. The van der Waals surface area contributed by atoms with E-state index in [1.165, 1.54) is 43.7 Å². The van der Waals surface area contributed by atoms with Gasteiger partial charge in [-0.2, -0.15) is 0 Å². The molecule has 0 aromatic carbocycles. The van der Waals surface area contributed by atoms with Gasteiger partial charge in [-0.1, -0.05) is 19.8 Å². The highest BCUT2D eigenvalue weighted by Gasteiger charge is 2.29. The molecule has 2 aliphatic rings. The molecule has 0 bridgehead atoms. The molecule has 3 rings (SSSR count). The van der Waals surface area contributed by atoms with E-state index < -0.39 is 0 Å². The largest absolute Gasteiger partial charge is 0.337 e. The molecule has 1 aromatic heterocycles. The van der Waals surface area contributed by atoms with Gasteiger partial charge in [-0.3, -0.25) is 4.79 Å². The van der Waals surface area contributed by atoms with Crippen LogP contribution in [0.5, 0.6) is 0 Å². The van der Waals surface area contributed by atoms with Gasteiger partial charge in [-0.05, 0) is 45.2 Å². The summed E-state index contributed by atoms with van der Waals surface area (Å²) in [6.07, 6.45) is 8.18. The topological polar surface area (TPSA) is 62.5 Å². The Morgan fingerprint density at radius 1 is 1.29 bits per heavy atom. The highest BCUT2D eigenvalue weighted by molar-refractivity contribution is 7.09. The summed E-state index contributed by atoms with van der Waals surface area (Å²) in [5, 5.41) is 2.77. The van der Waals surface area contributed by atoms with Crippen molar-refractivity contribution in [3.05, 3.63) is 16.1 Å². The van der Waals surface area contributed by atoms with Gasteiger partial charge in [-0.25, -0.2) is 4.98 Å². The van der Waals surface area contributed by atoms with Crippen molar-refractivity contribution >= 4 is 17.2 Å². The first-order valence-electron chi connectivity index (χ1n) is 9.43. The molecule has 2 aliphatic heterocycles. The van der Waals surface area contributed by atoms with Crippen LogP contribution in [-0.4, -0.2) is 52.9 Å². The minimum absolute atomic E-state index is 0.0358. The lowest BCUT2D eigenvalue weighted by atomic mass is 10.00. The molecule has 1 amide bonds. The zero-order valence-electron chi connectivity index (χ0n) is 14.7. The van der Waals surface area contributed by atoms with E-state index in [9.17, 15) is 4.79 Å². The van der Waals surface area contributed by atoms with Gasteiger partial charge in [0.2, 0.25) is 0 Å². The average molecular weight is 351 g/mol. The summed E-state index contributed by atoms with van der Waals surface area (Å²) in [4.78, 5) is 21.8. The van der Waals surface area contributed by atoms with E-state index in [2.05, 4.69) is 16.8 Å². The van der Waals surface area contributed by atoms with E-state index >= 15 is 0 Å². The van der Waals surface area contributed by atoms with Gasteiger partial charge < -0.3 is 15.5 Å². The predicted octanol–water partition coefficient (Wildman–Crippen LogP) is 3.03. The maximum atomic E-state index is 12.7. The summed E-state index contributed by atoms with van der Waals surface area (Å²) in [7, 11) is 0. The number of carbonyl (C=O) groups excluding carboxylic acids is 1. The van der Waals surface area contributed by atoms with Crippen LogP contribution in [0.1, 0.15) is 73.4 Å². The van der Waals surface area contributed by atoms with Gasteiger partial charge >= 0.3 is 0 Å². The van der Waals surface area contributed by atoms with Crippen molar-refractivity contribution in [1.82, 2.24) is 14.8 Å². The fraction of sp³-hybridized carbons (Fsp3) is 0.778. The number of amides is 1.